The minimum Gasteiger partial charge on any atom is -0.493 e. The second-order valence-electron chi connectivity index (χ2n) is 6.02. The number of unbranched alkanes of at least 4 members (excludes halogenated alkanes) is 1. The number of methoxy groups -OCH3 is 2. The fourth-order valence-corrected chi connectivity index (χ4v) is 3.91. The summed E-state index contributed by atoms with van der Waals surface area (Å²) in [5, 5.41) is 9.28. The zero-order valence-electron chi connectivity index (χ0n) is 15.6. The lowest BCUT2D eigenvalue weighted by Crippen LogP contribution is -2.31. The SMILES string of the molecule is CCCCOC(=O)CSN1CCc2cc(OC)c(OC)cc2C1CC#N. The Labute approximate surface area is 159 Å². The summed E-state index contributed by atoms with van der Waals surface area (Å²) in [6.45, 7) is 3.29. The van der Waals surface area contributed by atoms with Gasteiger partial charge in [-0.15, -0.1) is 0 Å². The maximum Gasteiger partial charge on any atom is 0.317 e. The van der Waals surface area contributed by atoms with Gasteiger partial charge in [-0.1, -0.05) is 25.3 Å². The first-order chi connectivity index (χ1) is 12.6. The number of nitrogens with zero attached hydrogens (tertiary/aromatic N) is 2. The number of benzene rings is 1. The fourth-order valence-electron chi connectivity index (χ4n) is 2.97. The van der Waals surface area contributed by atoms with E-state index < -0.39 is 0 Å². The highest BCUT2D eigenvalue weighted by molar-refractivity contribution is 7.97. The molecule has 2 rings (SSSR count). The fraction of sp³-hybridized carbons (Fsp3) is 0.579. The minimum atomic E-state index is -0.211. The summed E-state index contributed by atoms with van der Waals surface area (Å²) >= 11 is 1.43. The van der Waals surface area contributed by atoms with Gasteiger partial charge in [-0.3, -0.25) is 4.79 Å². The average Bonchev–Trinajstić information content (AvgIpc) is 2.66. The molecule has 0 aliphatic carbocycles. The van der Waals surface area contributed by atoms with Gasteiger partial charge >= 0.3 is 5.97 Å². The summed E-state index contributed by atoms with van der Waals surface area (Å²) in [5.41, 5.74) is 2.22. The molecular formula is C19H26N2O4S. The van der Waals surface area contributed by atoms with Crippen molar-refractivity contribution >= 4 is 17.9 Å². The van der Waals surface area contributed by atoms with Gasteiger partial charge in [0.25, 0.3) is 0 Å². The Kier molecular flexibility index (Phi) is 8.07. The number of ether oxygens (including phenoxy) is 3. The van der Waals surface area contributed by atoms with Crippen LogP contribution in [0.5, 0.6) is 11.5 Å². The van der Waals surface area contributed by atoms with Gasteiger partial charge in [-0.05, 0) is 36.1 Å². The number of hydrogen-bond acceptors (Lipinski definition) is 7. The van der Waals surface area contributed by atoms with Crippen molar-refractivity contribution < 1.29 is 19.0 Å². The summed E-state index contributed by atoms with van der Waals surface area (Å²) in [5.74, 6) is 1.40. The number of fused-ring (bicyclic) bond motifs is 1. The van der Waals surface area contributed by atoms with Crippen molar-refractivity contribution in [2.24, 2.45) is 0 Å². The van der Waals surface area contributed by atoms with Gasteiger partial charge in [0, 0.05) is 6.54 Å². The third-order valence-corrected chi connectivity index (χ3v) is 5.48. The van der Waals surface area contributed by atoms with Crippen LogP contribution < -0.4 is 9.47 Å². The lowest BCUT2D eigenvalue weighted by molar-refractivity contribution is -0.140. The van der Waals surface area contributed by atoms with Crippen molar-refractivity contribution in [3.05, 3.63) is 23.3 Å². The van der Waals surface area contributed by atoms with Gasteiger partial charge < -0.3 is 14.2 Å². The molecule has 1 aliphatic heterocycles. The van der Waals surface area contributed by atoms with Crippen LogP contribution in [-0.4, -0.2) is 43.4 Å². The van der Waals surface area contributed by atoms with Crippen molar-refractivity contribution in [3.63, 3.8) is 0 Å². The van der Waals surface area contributed by atoms with E-state index in [2.05, 4.69) is 17.3 Å². The predicted molar refractivity (Wildman–Crippen MR) is 101 cm³/mol. The van der Waals surface area contributed by atoms with Crippen LogP contribution in [0.3, 0.4) is 0 Å². The maximum atomic E-state index is 11.9. The predicted octanol–water partition coefficient (Wildman–Crippen LogP) is 3.51. The number of rotatable bonds is 9. The van der Waals surface area contributed by atoms with Gasteiger partial charge in [-0.2, -0.15) is 5.26 Å². The monoisotopic (exact) mass is 378 g/mol. The Hall–Kier alpha value is -1.91. The Morgan fingerprint density at radius 2 is 2.08 bits per heavy atom. The van der Waals surface area contributed by atoms with Crippen LogP contribution in [0.4, 0.5) is 0 Å². The second-order valence-corrected chi connectivity index (χ2v) is 7.04. The Morgan fingerprint density at radius 1 is 1.35 bits per heavy atom. The van der Waals surface area contributed by atoms with E-state index in [9.17, 15) is 10.1 Å². The number of nitriles is 1. The molecule has 0 amide bonds. The van der Waals surface area contributed by atoms with E-state index in [-0.39, 0.29) is 17.8 Å². The van der Waals surface area contributed by atoms with Crippen molar-refractivity contribution in [2.45, 2.75) is 38.6 Å². The number of hydrogen-bond donors (Lipinski definition) is 0. The Balaban J connectivity index is 2.11. The molecule has 0 aromatic heterocycles. The number of esters is 1. The molecule has 26 heavy (non-hydrogen) atoms. The molecule has 1 aromatic carbocycles. The first-order valence-electron chi connectivity index (χ1n) is 8.81. The molecular weight excluding hydrogens is 352 g/mol. The van der Waals surface area contributed by atoms with Crippen molar-refractivity contribution in [1.82, 2.24) is 4.31 Å². The van der Waals surface area contributed by atoms with Crippen LogP contribution in [-0.2, 0) is 16.0 Å². The first kappa shape index (κ1) is 20.4. The van der Waals surface area contributed by atoms with E-state index in [1.165, 1.54) is 11.9 Å². The van der Waals surface area contributed by atoms with E-state index in [1.54, 1.807) is 14.2 Å². The van der Waals surface area contributed by atoms with E-state index >= 15 is 0 Å². The summed E-state index contributed by atoms with van der Waals surface area (Å²) in [7, 11) is 3.22. The highest BCUT2D eigenvalue weighted by Gasteiger charge is 2.30. The molecule has 0 saturated heterocycles. The topological polar surface area (TPSA) is 71.8 Å². The van der Waals surface area contributed by atoms with E-state index in [4.69, 9.17) is 14.2 Å². The van der Waals surface area contributed by atoms with Crippen LogP contribution in [0.25, 0.3) is 0 Å². The summed E-state index contributed by atoms with van der Waals surface area (Å²) in [6.07, 6.45) is 3.06. The highest BCUT2D eigenvalue weighted by Crippen LogP contribution is 2.41. The van der Waals surface area contributed by atoms with Crippen LogP contribution >= 0.6 is 11.9 Å². The van der Waals surface area contributed by atoms with Crippen LogP contribution in [0.15, 0.2) is 12.1 Å². The molecule has 0 N–H and O–H groups in total. The minimum absolute atomic E-state index is 0.0861. The van der Waals surface area contributed by atoms with Crippen molar-refractivity contribution in [2.75, 3.05) is 33.1 Å². The molecule has 1 aliphatic rings. The Bertz CT molecular complexity index is 660. The normalized spacial score (nSPS) is 16.5. The van der Waals surface area contributed by atoms with Crippen molar-refractivity contribution in [3.8, 4) is 17.6 Å². The molecule has 6 nitrogen and oxygen atoms in total. The molecule has 0 radical (unpaired) electrons. The van der Waals surface area contributed by atoms with Gasteiger partial charge in [0.15, 0.2) is 11.5 Å². The lowest BCUT2D eigenvalue weighted by atomic mass is 9.92. The third kappa shape index (κ3) is 5.05. The van der Waals surface area contributed by atoms with Gasteiger partial charge in [0.2, 0.25) is 0 Å². The number of carbonyl (C=O) groups is 1. The highest BCUT2D eigenvalue weighted by atomic mass is 32.2. The number of carbonyl (C=O) groups excluding carboxylic acids is 1. The molecule has 1 aromatic rings. The van der Waals surface area contributed by atoms with E-state index in [0.29, 0.717) is 24.5 Å². The molecule has 1 heterocycles. The van der Waals surface area contributed by atoms with Crippen LogP contribution in [0.2, 0.25) is 0 Å². The van der Waals surface area contributed by atoms with Gasteiger partial charge in [0.05, 0.1) is 39.4 Å². The molecule has 142 valence electrons. The van der Waals surface area contributed by atoms with Crippen molar-refractivity contribution in [1.29, 1.82) is 5.26 Å². The molecule has 7 heteroatoms. The molecule has 0 saturated carbocycles. The quantitative estimate of drug-likeness (QED) is 0.370. The van der Waals surface area contributed by atoms with E-state index in [0.717, 1.165) is 36.9 Å². The molecule has 0 bridgehead atoms. The summed E-state index contributed by atoms with van der Waals surface area (Å²) in [4.78, 5) is 11.9. The third-order valence-electron chi connectivity index (χ3n) is 4.35. The summed E-state index contributed by atoms with van der Waals surface area (Å²) < 4.78 is 18.1. The smallest absolute Gasteiger partial charge is 0.317 e. The molecule has 0 fully saturated rings. The first-order valence-corrected chi connectivity index (χ1v) is 9.75. The zero-order valence-corrected chi connectivity index (χ0v) is 16.4. The molecule has 1 atom stereocenters. The average molecular weight is 378 g/mol. The van der Waals surface area contributed by atoms with Crippen LogP contribution in [0, 0.1) is 11.3 Å². The lowest BCUT2D eigenvalue weighted by Gasteiger charge is -2.35. The van der Waals surface area contributed by atoms with E-state index in [1.807, 2.05) is 12.1 Å². The second kappa shape index (κ2) is 10.3. The largest absolute Gasteiger partial charge is 0.493 e. The standard InChI is InChI=1S/C19H26N2O4S/c1-4-5-10-25-19(22)13-26-21-9-7-14-11-17(23-2)18(24-3)12-15(14)16(21)6-8-20/h11-12,16H,4-7,9-10,13H2,1-3H3. The van der Waals surface area contributed by atoms with Gasteiger partial charge in [-0.25, -0.2) is 4.31 Å². The Morgan fingerprint density at radius 3 is 2.73 bits per heavy atom. The molecule has 1 unspecified atom stereocenters. The molecule has 0 spiro atoms. The zero-order chi connectivity index (χ0) is 18.9. The summed E-state index contributed by atoms with van der Waals surface area (Å²) in [6, 6.07) is 6.11. The maximum absolute atomic E-state index is 11.9. The van der Waals surface area contributed by atoms with Gasteiger partial charge in [0.1, 0.15) is 5.75 Å². The van der Waals surface area contributed by atoms with Crippen LogP contribution in [0.1, 0.15) is 43.4 Å².